The number of rotatable bonds is 2. The van der Waals surface area contributed by atoms with Crippen LogP contribution in [0.3, 0.4) is 0 Å². The lowest BCUT2D eigenvalue weighted by atomic mass is 9.91. The van der Waals surface area contributed by atoms with Gasteiger partial charge in [-0.3, -0.25) is 9.97 Å². The molecule has 0 aliphatic rings. The lowest BCUT2D eigenvalue weighted by molar-refractivity contribution is 1.01. The molecule has 3 nitrogen and oxygen atoms in total. The molecule has 0 atom stereocenters. The molecule has 0 N–H and O–H groups in total. The number of aromatic nitrogens is 3. The molecular formula is C35H23N3. The van der Waals surface area contributed by atoms with E-state index in [0.717, 1.165) is 21.8 Å². The molecule has 0 spiro atoms. The lowest BCUT2D eigenvalue weighted by Crippen LogP contribution is -1.90. The molecule has 0 fully saturated rings. The van der Waals surface area contributed by atoms with Crippen molar-refractivity contribution in [2.24, 2.45) is 7.05 Å². The molecule has 0 aliphatic heterocycles. The van der Waals surface area contributed by atoms with Crippen molar-refractivity contribution in [1.82, 2.24) is 14.5 Å². The van der Waals surface area contributed by atoms with Crippen molar-refractivity contribution in [2.75, 3.05) is 0 Å². The van der Waals surface area contributed by atoms with Crippen LogP contribution in [0.5, 0.6) is 0 Å². The lowest BCUT2D eigenvalue weighted by Gasteiger charge is -2.14. The third-order valence-corrected chi connectivity index (χ3v) is 7.91. The van der Waals surface area contributed by atoms with Crippen LogP contribution in [0.1, 0.15) is 0 Å². The minimum Gasteiger partial charge on any atom is -0.344 e. The fourth-order valence-electron chi connectivity index (χ4n) is 6.12. The fraction of sp³-hybridized carbons (Fsp3) is 0.0286. The van der Waals surface area contributed by atoms with E-state index < -0.39 is 0 Å². The van der Waals surface area contributed by atoms with Gasteiger partial charge in [0.1, 0.15) is 0 Å². The molecule has 0 saturated carbocycles. The van der Waals surface area contributed by atoms with E-state index in [1.165, 1.54) is 54.8 Å². The van der Waals surface area contributed by atoms with Gasteiger partial charge >= 0.3 is 0 Å². The Bertz CT molecular complexity index is 2170. The Labute approximate surface area is 219 Å². The zero-order valence-corrected chi connectivity index (χ0v) is 20.9. The van der Waals surface area contributed by atoms with E-state index >= 15 is 0 Å². The molecule has 2 aromatic heterocycles. The van der Waals surface area contributed by atoms with Crippen LogP contribution in [0.4, 0.5) is 0 Å². The van der Waals surface area contributed by atoms with Crippen LogP contribution in [0.2, 0.25) is 0 Å². The van der Waals surface area contributed by atoms with Crippen LogP contribution in [0.25, 0.3) is 76.6 Å². The predicted octanol–water partition coefficient (Wildman–Crippen LogP) is 8.92. The number of fused-ring (bicyclic) bond motifs is 9. The Morgan fingerprint density at radius 3 is 1.71 bits per heavy atom. The summed E-state index contributed by atoms with van der Waals surface area (Å²) < 4.78 is 2.28. The number of hydrogen-bond acceptors (Lipinski definition) is 2. The van der Waals surface area contributed by atoms with Gasteiger partial charge in [0.15, 0.2) is 0 Å². The van der Waals surface area contributed by atoms with Crippen LogP contribution in [0.15, 0.2) is 122 Å². The molecule has 8 aromatic rings. The van der Waals surface area contributed by atoms with Gasteiger partial charge in [0.25, 0.3) is 0 Å². The summed E-state index contributed by atoms with van der Waals surface area (Å²) in [5.74, 6) is 0. The monoisotopic (exact) mass is 485 g/mol. The Morgan fingerprint density at radius 1 is 0.447 bits per heavy atom. The summed E-state index contributed by atoms with van der Waals surface area (Å²) in [7, 11) is 2.14. The molecule has 0 radical (unpaired) electrons. The number of hydrogen-bond donors (Lipinski definition) is 0. The molecular weight excluding hydrogens is 462 g/mol. The summed E-state index contributed by atoms with van der Waals surface area (Å²) in [6.07, 6.45) is 3.56. The second-order valence-electron chi connectivity index (χ2n) is 9.91. The third kappa shape index (κ3) is 2.96. The van der Waals surface area contributed by atoms with E-state index in [0.29, 0.717) is 0 Å². The van der Waals surface area contributed by atoms with Crippen LogP contribution < -0.4 is 0 Å². The summed E-state index contributed by atoms with van der Waals surface area (Å²) in [6, 6.07) is 39.5. The first-order chi connectivity index (χ1) is 18.8. The van der Waals surface area contributed by atoms with Gasteiger partial charge in [0.2, 0.25) is 0 Å². The van der Waals surface area contributed by atoms with Crippen molar-refractivity contribution in [3.63, 3.8) is 0 Å². The summed E-state index contributed by atoms with van der Waals surface area (Å²) in [5, 5.41) is 7.23. The Balaban J connectivity index is 1.38. The van der Waals surface area contributed by atoms with Gasteiger partial charge in [0, 0.05) is 52.0 Å². The highest BCUT2D eigenvalue weighted by atomic mass is 14.9. The maximum Gasteiger partial charge on any atom is 0.0971 e. The highest BCUT2D eigenvalue weighted by Crippen LogP contribution is 2.39. The Kier molecular flexibility index (Phi) is 4.44. The number of nitrogens with zero attached hydrogens (tertiary/aromatic N) is 3. The molecule has 0 aliphatic carbocycles. The van der Waals surface area contributed by atoms with Gasteiger partial charge in [-0.1, -0.05) is 84.9 Å². The predicted molar refractivity (Wildman–Crippen MR) is 159 cm³/mol. The summed E-state index contributed by atoms with van der Waals surface area (Å²) in [5.41, 5.74) is 9.26. The van der Waals surface area contributed by atoms with Crippen LogP contribution >= 0.6 is 0 Å². The van der Waals surface area contributed by atoms with Crippen LogP contribution in [-0.4, -0.2) is 14.5 Å². The average molecular weight is 486 g/mol. The Morgan fingerprint density at radius 2 is 0.974 bits per heavy atom. The molecule has 3 heteroatoms. The Hall–Kier alpha value is -5.02. The van der Waals surface area contributed by atoms with E-state index in [1.54, 1.807) is 12.4 Å². The van der Waals surface area contributed by atoms with Gasteiger partial charge in [-0.05, 0) is 57.3 Å². The first-order valence-corrected chi connectivity index (χ1v) is 12.9. The zero-order chi connectivity index (χ0) is 25.2. The maximum atomic E-state index is 4.72. The number of aryl methyl sites for hydroxylation is 1. The van der Waals surface area contributed by atoms with Crippen molar-refractivity contribution < 1.29 is 0 Å². The van der Waals surface area contributed by atoms with E-state index in [2.05, 4.69) is 126 Å². The quantitative estimate of drug-likeness (QED) is 0.229. The molecule has 2 heterocycles. The highest BCUT2D eigenvalue weighted by Gasteiger charge is 2.14. The SMILES string of the molecule is Cn1c2ccccc2c2cc(-c3ccccc3-c3ccc4c(c3)c3ccccc3c3nccnc43)ccc21. The summed E-state index contributed by atoms with van der Waals surface area (Å²) in [4.78, 5) is 9.40. The molecule has 0 unspecified atom stereocenters. The first kappa shape index (κ1) is 21.1. The van der Waals surface area contributed by atoms with Crippen molar-refractivity contribution in [1.29, 1.82) is 0 Å². The number of benzene rings is 6. The molecule has 6 aromatic carbocycles. The van der Waals surface area contributed by atoms with Crippen LogP contribution in [0, 0.1) is 0 Å². The molecule has 38 heavy (non-hydrogen) atoms. The minimum atomic E-state index is 0.947. The van der Waals surface area contributed by atoms with E-state index in [-0.39, 0.29) is 0 Å². The van der Waals surface area contributed by atoms with Crippen molar-refractivity contribution in [3.05, 3.63) is 122 Å². The van der Waals surface area contributed by atoms with Gasteiger partial charge in [-0.2, -0.15) is 0 Å². The first-order valence-electron chi connectivity index (χ1n) is 12.9. The largest absolute Gasteiger partial charge is 0.344 e. The van der Waals surface area contributed by atoms with Gasteiger partial charge in [-0.25, -0.2) is 0 Å². The van der Waals surface area contributed by atoms with E-state index in [1.807, 2.05) is 0 Å². The van der Waals surface area contributed by atoms with Crippen LogP contribution in [-0.2, 0) is 7.05 Å². The summed E-state index contributed by atoms with van der Waals surface area (Å²) in [6.45, 7) is 0. The average Bonchev–Trinajstić information content (AvgIpc) is 3.28. The van der Waals surface area contributed by atoms with E-state index in [9.17, 15) is 0 Å². The topological polar surface area (TPSA) is 30.7 Å². The molecule has 8 rings (SSSR count). The van der Waals surface area contributed by atoms with Gasteiger partial charge in [-0.15, -0.1) is 0 Å². The normalized spacial score (nSPS) is 11.8. The summed E-state index contributed by atoms with van der Waals surface area (Å²) >= 11 is 0. The molecule has 178 valence electrons. The molecule has 0 saturated heterocycles. The molecule has 0 bridgehead atoms. The van der Waals surface area contributed by atoms with Crippen molar-refractivity contribution >= 4 is 54.4 Å². The fourth-order valence-corrected chi connectivity index (χ4v) is 6.12. The molecule has 0 amide bonds. The second kappa shape index (κ2) is 7.99. The second-order valence-corrected chi connectivity index (χ2v) is 9.91. The smallest absolute Gasteiger partial charge is 0.0971 e. The number of para-hydroxylation sites is 1. The van der Waals surface area contributed by atoms with Crippen molar-refractivity contribution in [3.8, 4) is 22.3 Å². The highest BCUT2D eigenvalue weighted by molar-refractivity contribution is 6.23. The minimum absolute atomic E-state index is 0.947. The van der Waals surface area contributed by atoms with Crippen molar-refractivity contribution in [2.45, 2.75) is 0 Å². The van der Waals surface area contributed by atoms with Gasteiger partial charge in [0.05, 0.1) is 11.0 Å². The third-order valence-electron chi connectivity index (χ3n) is 7.91. The maximum absolute atomic E-state index is 4.72. The van der Waals surface area contributed by atoms with Gasteiger partial charge < -0.3 is 4.57 Å². The standard InChI is InChI=1S/C35H23N3/c1-38-32-13-7-6-11-27(32)31-21-23(15-17-33(31)38)25-9-3-2-8-24(25)22-14-16-29-30(20-22)26-10-4-5-12-28(26)34-35(29)37-19-18-36-34/h2-21H,1H3. The zero-order valence-electron chi connectivity index (χ0n) is 20.9. The van der Waals surface area contributed by atoms with E-state index in [4.69, 9.17) is 4.98 Å².